The van der Waals surface area contributed by atoms with E-state index in [2.05, 4.69) is 23.7 Å². The van der Waals surface area contributed by atoms with Gasteiger partial charge in [0.1, 0.15) is 0 Å². The van der Waals surface area contributed by atoms with Gasteiger partial charge in [-0.2, -0.15) is 0 Å². The summed E-state index contributed by atoms with van der Waals surface area (Å²) in [7, 11) is 0. The van der Waals surface area contributed by atoms with Crippen molar-refractivity contribution in [3.05, 3.63) is 11.1 Å². The molecule has 1 aromatic rings. The minimum absolute atomic E-state index is 0. The number of rotatable bonds is 2. The zero-order valence-electron chi connectivity index (χ0n) is 9.51. The number of nitrogens with two attached hydrogens (primary N) is 1. The summed E-state index contributed by atoms with van der Waals surface area (Å²) in [6.45, 7) is 6.70. The molecule has 0 radical (unpaired) electrons. The molecule has 2 rings (SSSR count). The minimum Gasteiger partial charge on any atom is -0.391 e. The number of anilines is 1. The zero-order chi connectivity index (χ0) is 11.1. The van der Waals surface area contributed by atoms with Gasteiger partial charge in [-0.25, -0.2) is 4.98 Å². The summed E-state index contributed by atoms with van der Waals surface area (Å²) < 4.78 is 0. The molecule has 0 amide bonds. The van der Waals surface area contributed by atoms with Crippen LogP contribution >= 0.6 is 23.7 Å². The number of halogens is 1. The third kappa shape index (κ3) is 2.85. The molecule has 0 saturated carbocycles. The molecule has 3 N–H and O–H groups in total. The predicted molar refractivity (Wildman–Crippen MR) is 68.8 cm³/mol. The average molecular weight is 264 g/mol. The van der Waals surface area contributed by atoms with Gasteiger partial charge in [0.05, 0.1) is 6.10 Å². The summed E-state index contributed by atoms with van der Waals surface area (Å²) in [6.07, 6.45) is 1.58. The minimum atomic E-state index is -0.234. The lowest BCUT2D eigenvalue weighted by Crippen LogP contribution is -2.26. The van der Waals surface area contributed by atoms with Gasteiger partial charge in [-0.3, -0.25) is 4.90 Å². The second-order valence-corrected chi connectivity index (χ2v) is 5.99. The summed E-state index contributed by atoms with van der Waals surface area (Å²) in [5.74, 6) is 0. The molecule has 1 aromatic heterocycles. The van der Waals surface area contributed by atoms with Crippen LogP contribution in [-0.4, -0.2) is 34.2 Å². The molecule has 16 heavy (non-hydrogen) atoms. The first kappa shape index (κ1) is 13.7. The van der Waals surface area contributed by atoms with Gasteiger partial charge in [-0.1, -0.05) is 13.8 Å². The molecule has 0 bridgehead atoms. The summed E-state index contributed by atoms with van der Waals surface area (Å²) >= 11 is 1.52. The Labute approximate surface area is 106 Å². The second kappa shape index (κ2) is 4.87. The van der Waals surface area contributed by atoms with Crippen LogP contribution in [-0.2, 0) is 6.54 Å². The van der Waals surface area contributed by atoms with Crippen molar-refractivity contribution in [2.24, 2.45) is 5.41 Å². The number of nitrogens with zero attached hydrogens (tertiary/aromatic N) is 2. The SMILES string of the molecule is CC1(C)CN(Cc2cnc(N)s2)CC1O.Cl. The summed E-state index contributed by atoms with van der Waals surface area (Å²) in [4.78, 5) is 7.43. The Morgan fingerprint density at radius 2 is 2.38 bits per heavy atom. The van der Waals surface area contributed by atoms with Gasteiger partial charge in [-0.05, 0) is 0 Å². The first-order valence-electron chi connectivity index (χ1n) is 5.08. The van der Waals surface area contributed by atoms with E-state index in [-0.39, 0.29) is 23.9 Å². The van der Waals surface area contributed by atoms with Crippen molar-refractivity contribution in [3.63, 3.8) is 0 Å². The van der Waals surface area contributed by atoms with Gasteiger partial charge >= 0.3 is 0 Å². The highest BCUT2D eigenvalue weighted by molar-refractivity contribution is 7.15. The molecule has 1 atom stereocenters. The Bertz CT molecular complexity index is 356. The Balaban J connectivity index is 0.00000128. The van der Waals surface area contributed by atoms with Crippen molar-refractivity contribution in [1.82, 2.24) is 9.88 Å². The normalized spacial score (nSPS) is 24.3. The van der Waals surface area contributed by atoms with E-state index in [4.69, 9.17) is 5.73 Å². The van der Waals surface area contributed by atoms with E-state index in [1.54, 1.807) is 0 Å². The van der Waals surface area contributed by atoms with Gasteiger partial charge in [0.25, 0.3) is 0 Å². The van der Waals surface area contributed by atoms with Crippen LogP contribution in [0.4, 0.5) is 5.13 Å². The molecule has 0 aromatic carbocycles. The lowest BCUT2D eigenvalue weighted by Gasteiger charge is -2.20. The molecule has 6 heteroatoms. The van der Waals surface area contributed by atoms with Crippen molar-refractivity contribution in [2.45, 2.75) is 26.5 Å². The van der Waals surface area contributed by atoms with E-state index >= 15 is 0 Å². The van der Waals surface area contributed by atoms with Crippen LogP contribution in [0.1, 0.15) is 18.7 Å². The van der Waals surface area contributed by atoms with E-state index in [0.717, 1.165) is 24.5 Å². The average Bonchev–Trinajstić information content (AvgIpc) is 2.59. The van der Waals surface area contributed by atoms with Gasteiger partial charge < -0.3 is 10.8 Å². The van der Waals surface area contributed by atoms with Gasteiger partial charge in [0, 0.05) is 36.1 Å². The maximum Gasteiger partial charge on any atom is 0.180 e. The molecule has 1 aliphatic heterocycles. The molecule has 1 unspecified atom stereocenters. The van der Waals surface area contributed by atoms with Crippen molar-refractivity contribution >= 4 is 28.9 Å². The number of likely N-dealkylation sites (tertiary alicyclic amines) is 1. The van der Waals surface area contributed by atoms with E-state index < -0.39 is 0 Å². The maximum absolute atomic E-state index is 9.83. The Hall–Kier alpha value is -0.360. The Kier molecular flexibility index (Phi) is 4.17. The smallest absolute Gasteiger partial charge is 0.180 e. The fraction of sp³-hybridized carbons (Fsp3) is 0.700. The van der Waals surface area contributed by atoms with E-state index in [1.165, 1.54) is 11.3 Å². The molecule has 92 valence electrons. The second-order valence-electron chi connectivity index (χ2n) is 4.84. The van der Waals surface area contributed by atoms with Gasteiger partial charge in [-0.15, -0.1) is 23.7 Å². The van der Waals surface area contributed by atoms with Gasteiger partial charge in [0.2, 0.25) is 0 Å². The van der Waals surface area contributed by atoms with E-state index in [9.17, 15) is 5.11 Å². The fourth-order valence-corrected chi connectivity index (χ4v) is 2.70. The quantitative estimate of drug-likeness (QED) is 0.846. The monoisotopic (exact) mass is 263 g/mol. The zero-order valence-corrected chi connectivity index (χ0v) is 11.1. The van der Waals surface area contributed by atoms with Gasteiger partial charge in [0.15, 0.2) is 5.13 Å². The number of aromatic nitrogens is 1. The standard InChI is InChI=1S/C10H17N3OS.ClH/c1-10(2)6-13(5-8(10)14)4-7-3-12-9(11)15-7;/h3,8,14H,4-6H2,1-2H3,(H2,11,12);1H. The van der Waals surface area contributed by atoms with Crippen LogP contribution < -0.4 is 5.73 Å². The fourth-order valence-electron chi connectivity index (χ4n) is 1.97. The summed E-state index contributed by atoms with van der Waals surface area (Å²) in [6, 6.07) is 0. The number of aliphatic hydroxyl groups excluding tert-OH is 1. The number of hydrogen-bond acceptors (Lipinski definition) is 5. The Morgan fingerprint density at radius 3 is 2.81 bits per heavy atom. The lowest BCUT2D eigenvalue weighted by atomic mass is 9.90. The van der Waals surface area contributed by atoms with Crippen LogP contribution in [0.15, 0.2) is 6.20 Å². The van der Waals surface area contributed by atoms with Crippen LogP contribution in [0.2, 0.25) is 0 Å². The van der Waals surface area contributed by atoms with Crippen molar-refractivity contribution < 1.29 is 5.11 Å². The maximum atomic E-state index is 9.83. The number of aliphatic hydroxyl groups is 1. The summed E-state index contributed by atoms with van der Waals surface area (Å²) in [5.41, 5.74) is 5.57. The van der Waals surface area contributed by atoms with Crippen LogP contribution in [0, 0.1) is 5.41 Å². The van der Waals surface area contributed by atoms with Crippen LogP contribution in [0.5, 0.6) is 0 Å². The highest BCUT2D eigenvalue weighted by atomic mass is 35.5. The Morgan fingerprint density at radius 1 is 1.69 bits per heavy atom. The van der Waals surface area contributed by atoms with Crippen molar-refractivity contribution in [2.75, 3.05) is 18.8 Å². The van der Waals surface area contributed by atoms with E-state index in [0.29, 0.717) is 5.13 Å². The first-order chi connectivity index (χ1) is 6.97. The predicted octanol–water partition coefficient (Wildman–Crippen LogP) is 1.35. The molecular formula is C10H18ClN3OS. The molecule has 1 saturated heterocycles. The summed E-state index contributed by atoms with van der Waals surface area (Å²) in [5, 5.41) is 10.4. The lowest BCUT2D eigenvalue weighted by molar-refractivity contribution is 0.0955. The third-order valence-corrected chi connectivity index (χ3v) is 3.73. The molecule has 4 nitrogen and oxygen atoms in total. The molecular weight excluding hydrogens is 246 g/mol. The first-order valence-corrected chi connectivity index (χ1v) is 5.89. The number of hydrogen-bond donors (Lipinski definition) is 2. The largest absolute Gasteiger partial charge is 0.391 e. The van der Waals surface area contributed by atoms with Crippen molar-refractivity contribution in [1.29, 1.82) is 0 Å². The number of nitrogen functional groups attached to an aromatic ring is 1. The topological polar surface area (TPSA) is 62.4 Å². The molecule has 0 aliphatic carbocycles. The van der Waals surface area contributed by atoms with Crippen LogP contribution in [0.3, 0.4) is 0 Å². The van der Waals surface area contributed by atoms with Crippen LogP contribution in [0.25, 0.3) is 0 Å². The highest BCUT2D eigenvalue weighted by Gasteiger charge is 2.37. The number of β-amino-alcohol motifs (C(OH)–C–C–N with tert-alkyl or cyclic N) is 1. The molecule has 0 spiro atoms. The molecule has 1 aliphatic rings. The third-order valence-electron chi connectivity index (χ3n) is 2.92. The molecule has 2 heterocycles. The van der Waals surface area contributed by atoms with E-state index in [1.807, 2.05) is 6.20 Å². The molecule has 1 fully saturated rings. The van der Waals surface area contributed by atoms with Crippen molar-refractivity contribution in [3.8, 4) is 0 Å². The number of thiazole rings is 1. The highest BCUT2D eigenvalue weighted by Crippen LogP contribution is 2.31.